The molecular weight excluding hydrogens is 240 g/mol. The van der Waals surface area contributed by atoms with Crippen LogP contribution in [-0.4, -0.2) is 16.7 Å². The Morgan fingerprint density at radius 2 is 2.06 bits per heavy atom. The van der Waals surface area contributed by atoms with E-state index in [4.69, 9.17) is 4.52 Å². The molecule has 4 nitrogen and oxygen atoms in total. The Kier molecular flexibility index (Phi) is 3.99. The first kappa shape index (κ1) is 12.6. The molecule has 0 spiro atoms. The van der Waals surface area contributed by atoms with Gasteiger partial charge in [0.2, 0.25) is 5.89 Å². The van der Waals surface area contributed by atoms with Crippen LogP contribution in [0.3, 0.4) is 0 Å². The molecule has 0 saturated carbocycles. The average molecular weight is 253 g/mol. The van der Waals surface area contributed by atoms with Crippen LogP contribution < -0.4 is 5.32 Å². The second-order valence-electron chi connectivity index (χ2n) is 3.90. The van der Waals surface area contributed by atoms with Crippen molar-refractivity contribution in [2.45, 2.75) is 19.4 Å². The molecular formula is C12H13F2N3O. The third-order valence-corrected chi connectivity index (χ3v) is 2.63. The van der Waals surface area contributed by atoms with Gasteiger partial charge in [-0.05, 0) is 19.1 Å². The molecule has 1 atom stereocenters. The summed E-state index contributed by atoms with van der Waals surface area (Å²) in [5.74, 6) is -0.607. The first-order valence-corrected chi connectivity index (χ1v) is 5.61. The number of hydrogen-bond acceptors (Lipinski definition) is 4. The van der Waals surface area contributed by atoms with Crippen molar-refractivity contribution in [2.75, 3.05) is 6.54 Å². The van der Waals surface area contributed by atoms with E-state index >= 15 is 0 Å². The molecule has 1 aromatic heterocycles. The Labute approximate surface area is 103 Å². The fourth-order valence-electron chi connectivity index (χ4n) is 1.73. The molecule has 1 N–H and O–H groups in total. The van der Waals surface area contributed by atoms with Gasteiger partial charge in [0.05, 0.1) is 0 Å². The van der Waals surface area contributed by atoms with E-state index in [2.05, 4.69) is 15.5 Å². The third kappa shape index (κ3) is 2.89. The van der Waals surface area contributed by atoms with Gasteiger partial charge in [0.25, 0.3) is 0 Å². The van der Waals surface area contributed by atoms with Crippen LogP contribution in [0.5, 0.6) is 0 Å². The Hall–Kier alpha value is -1.82. The van der Waals surface area contributed by atoms with Crippen molar-refractivity contribution in [2.24, 2.45) is 0 Å². The normalized spacial score (nSPS) is 12.6. The van der Waals surface area contributed by atoms with Gasteiger partial charge in [-0.2, -0.15) is 4.98 Å². The number of nitrogens with one attached hydrogen (secondary N) is 1. The Balaban J connectivity index is 1.93. The van der Waals surface area contributed by atoms with Crippen LogP contribution in [0, 0.1) is 11.6 Å². The highest BCUT2D eigenvalue weighted by atomic mass is 19.1. The van der Waals surface area contributed by atoms with Crippen molar-refractivity contribution in [3.05, 3.63) is 47.6 Å². The van der Waals surface area contributed by atoms with Crippen LogP contribution in [-0.2, 0) is 6.42 Å². The second-order valence-corrected chi connectivity index (χ2v) is 3.90. The van der Waals surface area contributed by atoms with Gasteiger partial charge in [-0.15, -0.1) is 0 Å². The lowest BCUT2D eigenvalue weighted by atomic mass is 10.1. The number of hydrogen-bond donors (Lipinski definition) is 1. The van der Waals surface area contributed by atoms with Gasteiger partial charge in [-0.3, -0.25) is 0 Å². The summed E-state index contributed by atoms with van der Waals surface area (Å²) in [5, 5.41) is 6.48. The molecule has 0 radical (unpaired) electrons. The Morgan fingerprint density at radius 3 is 2.67 bits per heavy atom. The van der Waals surface area contributed by atoms with Crippen molar-refractivity contribution < 1.29 is 13.3 Å². The predicted octanol–water partition coefficient (Wildman–Crippen LogP) is 2.24. The first-order valence-electron chi connectivity index (χ1n) is 5.61. The van der Waals surface area contributed by atoms with Crippen molar-refractivity contribution in [1.29, 1.82) is 0 Å². The molecule has 0 fully saturated rings. The fourth-order valence-corrected chi connectivity index (χ4v) is 1.73. The zero-order valence-electron chi connectivity index (χ0n) is 9.86. The van der Waals surface area contributed by atoms with E-state index in [0.29, 0.717) is 18.9 Å². The number of aromatic nitrogens is 2. The maximum atomic E-state index is 13.5. The van der Waals surface area contributed by atoms with Gasteiger partial charge in [0.1, 0.15) is 11.6 Å². The largest absolute Gasteiger partial charge is 0.340 e. The lowest BCUT2D eigenvalue weighted by Crippen LogP contribution is -2.23. The summed E-state index contributed by atoms with van der Waals surface area (Å²) in [7, 11) is 0. The average Bonchev–Trinajstić information content (AvgIpc) is 2.82. The highest BCUT2D eigenvalue weighted by Gasteiger charge is 2.15. The van der Waals surface area contributed by atoms with Crippen LogP contribution in [0.4, 0.5) is 8.78 Å². The molecule has 0 aliphatic heterocycles. The van der Waals surface area contributed by atoms with Gasteiger partial charge in [0, 0.05) is 24.6 Å². The number of halogens is 2. The summed E-state index contributed by atoms with van der Waals surface area (Å²) in [4.78, 5) is 3.86. The monoisotopic (exact) mass is 253 g/mol. The maximum Gasteiger partial charge on any atom is 0.227 e. The van der Waals surface area contributed by atoms with Crippen LogP contribution in [0.1, 0.15) is 24.4 Å². The van der Waals surface area contributed by atoms with E-state index in [1.807, 2.05) is 0 Å². The second kappa shape index (κ2) is 5.68. The molecule has 1 unspecified atom stereocenters. The van der Waals surface area contributed by atoms with Crippen LogP contribution in [0.15, 0.2) is 29.0 Å². The smallest absolute Gasteiger partial charge is 0.227 e. The van der Waals surface area contributed by atoms with E-state index < -0.39 is 17.7 Å². The Bertz CT molecular complexity index is 482. The molecule has 0 saturated heterocycles. The van der Waals surface area contributed by atoms with Gasteiger partial charge in [-0.1, -0.05) is 11.2 Å². The summed E-state index contributed by atoms with van der Waals surface area (Å²) < 4.78 is 31.8. The lowest BCUT2D eigenvalue weighted by molar-refractivity contribution is 0.371. The van der Waals surface area contributed by atoms with E-state index in [-0.39, 0.29) is 5.56 Å². The molecule has 0 amide bonds. The molecule has 96 valence electrons. The van der Waals surface area contributed by atoms with Crippen molar-refractivity contribution in [1.82, 2.24) is 15.5 Å². The molecule has 6 heteroatoms. The topological polar surface area (TPSA) is 51.0 Å². The highest BCUT2D eigenvalue weighted by Crippen LogP contribution is 2.19. The van der Waals surface area contributed by atoms with Gasteiger partial charge < -0.3 is 9.84 Å². The van der Waals surface area contributed by atoms with Crippen molar-refractivity contribution in [3.8, 4) is 0 Å². The van der Waals surface area contributed by atoms with Gasteiger partial charge in [-0.25, -0.2) is 8.78 Å². The SMILES string of the molecule is CC(NCCc1ncno1)c1c(F)cccc1F. The lowest BCUT2D eigenvalue weighted by Gasteiger charge is -2.15. The third-order valence-electron chi connectivity index (χ3n) is 2.63. The minimum absolute atomic E-state index is 0.0445. The molecule has 18 heavy (non-hydrogen) atoms. The predicted molar refractivity (Wildman–Crippen MR) is 60.8 cm³/mol. The summed E-state index contributed by atoms with van der Waals surface area (Å²) in [5.41, 5.74) is 0.0445. The van der Waals surface area contributed by atoms with E-state index in [9.17, 15) is 8.78 Å². The molecule has 2 aromatic rings. The Morgan fingerprint density at radius 1 is 1.33 bits per heavy atom. The molecule has 0 aliphatic carbocycles. The zero-order valence-corrected chi connectivity index (χ0v) is 9.86. The minimum Gasteiger partial charge on any atom is -0.340 e. The highest BCUT2D eigenvalue weighted by molar-refractivity contribution is 5.22. The summed E-state index contributed by atoms with van der Waals surface area (Å²) in [6, 6.07) is 3.41. The molecule has 1 aromatic carbocycles. The zero-order chi connectivity index (χ0) is 13.0. The maximum absolute atomic E-state index is 13.5. The van der Waals surface area contributed by atoms with E-state index in [1.54, 1.807) is 6.92 Å². The number of nitrogens with zero attached hydrogens (tertiary/aromatic N) is 2. The first-order chi connectivity index (χ1) is 8.68. The quantitative estimate of drug-likeness (QED) is 0.887. The summed E-state index contributed by atoms with van der Waals surface area (Å²) in [6.07, 6.45) is 1.83. The number of benzene rings is 1. The van der Waals surface area contributed by atoms with E-state index in [1.165, 1.54) is 24.5 Å². The minimum atomic E-state index is -0.548. The van der Waals surface area contributed by atoms with Crippen molar-refractivity contribution in [3.63, 3.8) is 0 Å². The van der Waals surface area contributed by atoms with Gasteiger partial charge in [0.15, 0.2) is 6.33 Å². The molecule has 2 rings (SSSR count). The standard InChI is InChI=1S/C12H13F2N3O/c1-8(12-9(13)3-2-4-10(12)14)15-6-5-11-16-7-17-18-11/h2-4,7-8,15H,5-6H2,1H3. The van der Waals surface area contributed by atoms with Crippen molar-refractivity contribution >= 4 is 0 Å². The number of rotatable bonds is 5. The van der Waals surface area contributed by atoms with Gasteiger partial charge >= 0.3 is 0 Å². The fraction of sp³-hybridized carbons (Fsp3) is 0.333. The summed E-state index contributed by atoms with van der Waals surface area (Å²) >= 11 is 0. The van der Waals surface area contributed by atoms with Crippen LogP contribution >= 0.6 is 0 Å². The molecule has 0 aliphatic rings. The molecule has 0 bridgehead atoms. The van der Waals surface area contributed by atoms with Crippen LogP contribution in [0.2, 0.25) is 0 Å². The summed E-state index contributed by atoms with van der Waals surface area (Å²) in [6.45, 7) is 2.20. The van der Waals surface area contributed by atoms with E-state index in [0.717, 1.165) is 0 Å². The van der Waals surface area contributed by atoms with Crippen LogP contribution in [0.25, 0.3) is 0 Å². The molecule has 1 heterocycles.